The third-order valence-corrected chi connectivity index (χ3v) is 2.75. The summed E-state index contributed by atoms with van der Waals surface area (Å²) in [4.78, 5) is 15.6. The van der Waals surface area contributed by atoms with Gasteiger partial charge in [-0.3, -0.25) is 20.6 Å². The van der Waals surface area contributed by atoms with E-state index in [0.717, 1.165) is 23.0 Å². The average Bonchev–Trinajstić information content (AvgIpc) is 2.36. The van der Waals surface area contributed by atoms with E-state index in [0.29, 0.717) is 11.4 Å². The maximum atomic E-state index is 11.4. The Labute approximate surface area is 110 Å². The van der Waals surface area contributed by atoms with Gasteiger partial charge in [-0.1, -0.05) is 18.5 Å². The van der Waals surface area contributed by atoms with Gasteiger partial charge < -0.3 is 0 Å². The minimum Gasteiger partial charge on any atom is -0.298 e. The second-order valence-corrected chi connectivity index (χ2v) is 4.38. The molecule has 1 amide bonds. The van der Waals surface area contributed by atoms with Crippen molar-refractivity contribution in [2.45, 2.75) is 19.8 Å². The van der Waals surface area contributed by atoms with Crippen LogP contribution in [0, 0.1) is 0 Å². The van der Waals surface area contributed by atoms with Crippen LogP contribution in [-0.2, 0) is 4.79 Å². The molecule has 0 aliphatic rings. The van der Waals surface area contributed by atoms with E-state index in [4.69, 9.17) is 11.6 Å². The van der Waals surface area contributed by atoms with Crippen LogP contribution >= 0.6 is 11.6 Å². The molecule has 0 saturated heterocycles. The van der Waals surface area contributed by atoms with Gasteiger partial charge in [0, 0.05) is 23.0 Å². The molecule has 0 fully saturated rings. The van der Waals surface area contributed by atoms with Crippen molar-refractivity contribution in [3.63, 3.8) is 0 Å². The number of carbonyl (C=O) groups excluding carboxylic acids is 1. The van der Waals surface area contributed by atoms with Gasteiger partial charge in [0.2, 0.25) is 5.91 Å². The van der Waals surface area contributed by atoms with Crippen molar-refractivity contribution in [3.05, 3.63) is 35.5 Å². The van der Waals surface area contributed by atoms with E-state index in [1.807, 2.05) is 19.1 Å². The van der Waals surface area contributed by atoms with Crippen molar-refractivity contribution in [2.75, 3.05) is 5.43 Å². The molecule has 18 heavy (non-hydrogen) atoms. The van der Waals surface area contributed by atoms with Crippen LogP contribution in [0.1, 0.15) is 19.8 Å². The van der Waals surface area contributed by atoms with Gasteiger partial charge in [-0.05, 0) is 30.7 Å². The molecule has 0 bridgehead atoms. The number of rotatable bonds is 4. The van der Waals surface area contributed by atoms with Crippen molar-refractivity contribution < 1.29 is 4.79 Å². The van der Waals surface area contributed by atoms with Gasteiger partial charge in [0.05, 0.1) is 11.2 Å². The molecule has 2 aromatic rings. The number of amides is 1. The third kappa shape index (κ3) is 2.90. The monoisotopic (exact) mass is 263 g/mol. The number of hydrogen-bond donors (Lipinski definition) is 2. The molecule has 5 heteroatoms. The number of carbonyl (C=O) groups is 1. The van der Waals surface area contributed by atoms with E-state index >= 15 is 0 Å². The molecule has 94 valence electrons. The summed E-state index contributed by atoms with van der Waals surface area (Å²) in [5.41, 5.74) is 7.16. The minimum atomic E-state index is -0.0311. The number of benzene rings is 1. The smallest absolute Gasteiger partial charge is 0.238 e. The maximum absolute atomic E-state index is 11.4. The van der Waals surface area contributed by atoms with Gasteiger partial charge in [0.25, 0.3) is 0 Å². The highest BCUT2D eigenvalue weighted by molar-refractivity contribution is 6.31. The molecule has 2 N–H and O–H groups in total. The number of aromatic nitrogens is 1. The summed E-state index contributed by atoms with van der Waals surface area (Å²) in [5, 5.41) is 1.56. The van der Waals surface area contributed by atoms with Gasteiger partial charge in [-0.2, -0.15) is 0 Å². The van der Waals surface area contributed by atoms with Crippen molar-refractivity contribution >= 4 is 34.1 Å². The minimum absolute atomic E-state index is 0.0311. The Morgan fingerprint density at radius 3 is 3.00 bits per heavy atom. The van der Waals surface area contributed by atoms with Crippen LogP contribution in [0.5, 0.6) is 0 Å². The summed E-state index contributed by atoms with van der Waals surface area (Å²) < 4.78 is 0. The molecule has 0 aliphatic heterocycles. The number of anilines is 1. The van der Waals surface area contributed by atoms with Gasteiger partial charge >= 0.3 is 0 Å². The number of halogens is 1. The topological polar surface area (TPSA) is 54.0 Å². The lowest BCUT2D eigenvalue weighted by atomic mass is 10.2. The number of nitrogens with zero attached hydrogens (tertiary/aromatic N) is 1. The average molecular weight is 264 g/mol. The largest absolute Gasteiger partial charge is 0.298 e. The second kappa shape index (κ2) is 5.69. The highest BCUT2D eigenvalue weighted by Gasteiger charge is 2.03. The Morgan fingerprint density at radius 2 is 2.22 bits per heavy atom. The number of nitrogens with one attached hydrogen (secondary N) is 2. The summed E-state index contributed by atoms with van der Waals surface area (Å²) in [7, 11) is 0. The predicted molar refractivity (Wildman–Crippen MR) is 73.4 cm³/mol. The Hall–Kier alpha value is -1.81. The molecular weight excluding hydrogens is 250 g/mol. The van der Waals surface area contributed by atoms with Crippen LogP contribution in [0.25, 0.3) is 10.9 Å². The summed E-state index contributed by atoms with van der Waals surface area (Å²) >= 11 is 5.91. The van der Waals surface area contributed by atoms with Crippen molar-refractivity contribution in [2.24, 2.45) is 0 Å². The molecule has 0 atom stereocenters. The summed E-state index contributed by atoms with van der Waals surface area (Å²) in [6.07, 6.45) is 3.00. The molecule has 0 unspecified atom stereocenters. The lowest BCUT2D eigenvalue weighted by molar-refractivity contribution is -0.120. The zero-order valence-corrected chi connectivity index (χ0v) is 10.8. The van der Waals surface area contributed by atoms with E-state index in [-0.39, 0.29) is 5.91 Å². The first-order valence-corrected chi connectivity index (χ1v) is 6.17. The van der Waals surface area contributed by atoms with Gasteiger partial charge in [0.15, 0.2) is 0 Å². The van der Waals surface area contributed by atoms with E-state index in [1.165, 1.54) is 0 Å². The molecule has 0 spiro atoms. The first kappa shape index (κ1) is 12.6. The van der Waals surface area contributed by atoms with Crippen LogP contribution in [-0.4, -0.2) is 10.9 Å². The van der Waals surface area contributed by atoms with Crippen LogP contribution in [0.15, 0.2) is 30.5 Å². The van der Waals surface area contributed by atoms with E-state index in [9.17, 15) is 4.79 Å². The van der Waals surface area contributed by atoms with Crippen LogP contribution in [0.2, 0.25) is 5.02 Å². The van der Waals surface area contributed by atoms with Gasteiger partial charge in [0.1, 0.15) is 0 Å². The quantitative estimate of drug-likeness (QED) is 0.834. The Morgan fingerprint density at radius 1 is 1.39 bits per heavy atom. The summed E-state index contributed by atoms with van der Waals surface area (Å²) in [6, 6.07) is 7.27. The lowest BCUT2D eigenvalue weighted by Crippen LogP contribution is -2.28. The van der Waals surface area contributed by atoms with E-state index in [1.54, 1.807) is 18.3 Å². The Balaban J connectivity index is 2.20. The van der Waals surface area contributed by atoms with Crippen LogP contribution in [0.3, 0.4) is 0 Å². The molecule has 1 heterocycles. The number of fused-ring (bicyclic) bond motifs is 1. The van der Waals surface area contributed by atoms with Gasteiger partial charge in [-0.15, -0.1) is 0 Å². The third-order valence-electron chi connectivity index (χ3n) is 2.52. The van der Waals surface area contributed by atoms with Crippen molar-refractivity contribution in [1.29, 1.82) is 0 Å². The first-order valence-electron chi connectivity index (χ1n) is 5.80. The zero-order chi connectivity index (χ0) is 13.0. The first-order chi connectivity index (χ1) is 8.70. The summed E-state index contributed by atoms with van der Waals surface area (Å²) in [6.45, 7) is 1.96. The molecule has 4 nitrogen and oxygen atoms in total. The normalized spacial score (nSPS) is 10.3. The van der Waals surface area contributed by atoms with E-state index in [2.05, 4.69) is 15.8 Å². The highest BCUT2D eigenvalue weighted by Crippen LogP contribution is 2.23. The maximum Gasteiger partial charge on any atom is 0.238 e. The van der Waals surface area contributed by atoms with Crippen LogP contribution in [0.4, 0.5) is 5.69 Å². The molecule has 0 radical (unpaired) electrons. The predicted octanol–water partition coefficient (Wildman–Crippen LogP) is 3.13. The Kier molecular flexibility index (Phi) is 3.99. The standard InChI is InChI=1S/C13H14ClN3O/c1-2-3-13(18)17-16-11-6-7-15-12-8-9(14)4-5-10(11)12/h4-8H,2-3H2,1H3,(H,15,16)(H,17,18). The molecular formula is C13H14ClN3O. The van der Waals surface area contributed by atoms with Crippen molar-refractivity contribution in [3.8, 4) is 0 Å². The zero-order valence-electron chi connectivity index (χ0n) is 10.0. The van der Waals surface area contributed by atoms with Crippen LogP contribution < -0.4 is 10.9 Å². The van der Waals surface area contributed by atoms with Gasteiger partial charge in [-0.25, -0.2) is 0 Å². The summed E-state index contributed by atoms with van der Waals surface area (Å²) in [5.74, 6) is -0.0311. The Bertz CT molecular complexity index is 571. The fourth-order valence-corrected chi connectivity index (χ4v) is 1.82. The fraction of sp³-hybridized carbons (Fsp3) is 0.231. The SMILES string of the molecule is CCCC(=O)NNc1ccnc2cc(Cl)ccc12. The highest BCUT2D eigenvalue weighted by atomic mass is 35.5. The van der Waals surface area contributed by atoms with Crippen molar-refractivity contribution in [1.82, 2.24) is 10.4 Å². The molecule has 1 aromatic carbocycles. The molecule has 2 rings (SSSR count). The number of hydrogen-bond acceptors (Lipinski definition) is 3. The number of pyridine rings is 1. The lowest BCUT2D eigenvalue weighted by Gasteiger charge is -2.10. The fourth-order valence-electron chi connectivity index (χ4n) is 1.66. The molecule has 0 aliphatic carbocycles. The van der Waals surface area contributed by atoms with E-state index < -0.39 is 0 Å². The number of hydrazine groups is 1. The molecule has 0 saturated carbocycles. The second-order valence-electron chi connectivity index (χ2n) is 3.94. The molecule has 1 aromatic heterocycles.